The molecule has 2 N–H and O–H groups in total. The zero-order chi connectivity index (χ0) is 13.7. The van der Waals surface area contributed by atoms with Crippen molar-refractivity contribution in [2.75, 3.05) is 18.9 Å². The summed E-state index contributed by atoms with van der Waals surface area (Å²) < 4.78 is 0. The monoisotopic (exact) mass is 275 g/mol. The number of benzene rings is 1. The highest BCUT2D eigenvalue weighted by molar-refractivity contribution is 7.13. The van der Waals surface area contributed by atoms with E-state index >= 15 is 0 Å². The fourth-order valence-electron chi connectivity index (χ4n) is 1.68. The molecule has 19 heavy (non-hydrogen) atoms. The molecule has 4 nitrogen and oxygen atoms in total. The van der Waals surface area contributed by atoms with Crippen LogP contribution in [0.4, 0.5) is 5.69 Å². The van der Waals surface area contributed by atoms with Crippen molar-refractivity contribution in [2.45, 2.75) is 13.3 Å². The smallest absolute Gasteiger partial charge is 0.225 e. The van der Waals surface area contributed by atoms with Crippen LogP contribution in [-0.2, 0) is 4.79 Å². The lowest BCUT2D eigenvalue weighted by atomic mass is 10.2. The molecule has 100 valence electrons. The summed E-state index contributed by atoms with van der Waals surface area (Å²) in [6.45, 7) is 2.65. The second-order valence-corrected chi connectivity index (χ2v) is 5.13. The zero-order valence-corrected chi connectivity index (χ0v) is 11.9. The van der Waals surface area contributed by atoms with Crippen LogP contribution < -0.4 is 10.6 Å². The van der Waals surface area contributed by atoms with Crippen LogP contribution in [-0.4, -0.2) is 24.5 Å². The molecular formula is C14H17N3OS. The Morgan fingerprint density at radius 2 is 2.26 bits per heavy atom. The number of nitrogens with one attached hydrogen (secondary N) is 2. The minimum absolute atomic E-state index is 0.0156. The topological polar surface area (TPSA) is 54.0 Å². The molecule has 1 aromatic carbocycles. The van der Waals surface area contributed by atoms with E-state index in [4.69, 9.17) is 0 Å². The number of hydrogen-bond acceptors (Lipinski definition) is 4. The van der Waals surface area contributed by atoms with E-state index in [0.717, 1.165) is 22.0 Å². The highest BCUT2D eigenvalue weighted by Crippen LogP contribution is 2.25. The van der Waals surface area contributed by atoms with E-state index in [1.807, 2.05) is 43.6 Å². The lowest BCUT2D eigenvalue weighted by Crippen LogP contribution is -2.18. The molecule has 1 aromatic heterocycles. The zero-order valence-electron chi connectivity index (χ0n) is 11.1. The van der Waals surface area contributed by atoms with Crippen molar-refractivity contribution in [2.24, 2.45) is 0 Å². The first-order valence-corrected chi connectivity index (χ1v) is 7.04. The van der Waals surface area contributed by atoms with E-state index < -0.39 is 0 Å². The average Bonchev–Trinajstić information content (AvgIpc) is 2.83. The van der Waals surface area contributed by atoms with Gasteiger partial charge in [-0.05, 0) is 26.1 Å². The maximum Gasteiger partial charge on any atom is 0.225 e. The lowest BCUT2D eigenvalue weighted by molar-refractivity contribution is -0.116. The van der Waals surface area contributed by atoms with Crippen LogP contribution in [0.25, 0.3) is 10.6 Å². The molecule has 0 saturated heterocycles. The Hall–Kier alpha value is -1.72. The van der Waals surface area contributed by atoms with E-state index in [1.54, 1.807) is 11.3 Å². The van der Waals surface area contributed by atoms with Gasteiger partial charge in [0.15, 0.2) is 0 Å². The third-order valence-electron chi connectivity index (χ3n) is 2.61. The number of carbonyl (C=O) groups is 1. The van der Waals surface area contributed by atoms with Crippen molar-refractivity contribution in [1.29, 1.82) is 0 Å². The minimum Gasteiger partial charge on any atom is -0.326 e. The van der Waals surface area contributed by atoms with E-state index in [2.05, 4.69) is 15.6 Å². The summed E-state index contributed by atoms with van der Waals surface area (Å²) in [6.07, 6.45) is 0.469. The summed E-state index contributed by atoms with van der Waals surface area (Å²) in [5.41, 5.74) is 2.86. The number of thiazole rings is 1. The van der Waals surface area contributed by atoms with E-state index in [-0.39, 0.29) is 5.91 Å². The summed E-state index contributed by atoms with van der Waals surface area (Å²) in [5.74, 6) is 0.0156. The predicted octanol–water partition coefficient (Wildman–Crippen LogP) is 2.67. The molecule has 0 fully saturated rings. The molecule has 0 spiro atoms. The molecule has 5 heteroatoms. The van der Waals surface area contributed by atoms with Gasteiger partial charge in [0, 0.05) is 35.3 Å². The maximum atomic E-state index is 11.7. The normalized spacial score (nSPS) is 10.4. The van der Waals surface area contributed by atoms with Gasteiger partial charge in [0.2, 0.25) is 5.91 Å². The molecule has 1 heterocycles. The van der Waals surface area contributed by atoms with Crippen LogP contribution in [0.15, 0.2) is 29.6 Å². The van der Waals surface area contributed by atoms with Gasteiger partial charge in [-0.2, -0.15) is 0 Å². The molecule has 0 saturated carbocycles. The standard InChI is InChI=1S/C14H17N3OS/c1-10-9-19-14(16-10)11-4-3-5-12(8-11)17-13(18)6-7-15-2/h3-5,8-9,15H,6-7H2,1-2H3,(H,17,18). The van der Waals surface area contributed by atoms with Gasteiger partial charge < -0.3 is 10.6 Å². The van der Waals surface area contributed by atoms with Gasteiger partial charge in [0.05, 0.1) is 0 Å². The molecule has 0 unspecified atom stereocenters. The number of rotatable bonds is 5. The van der Waals surface area contributed by atoms with Gasteiger partial charge in [-0.15, -0.1) is 11.3 Å². The number of amides is 1. The summed E-state index contributed by atoms with van der Waals surface area (Å²) in [5, 5.41) is 8.84. The molecule has 0 radical (unpaired) electrons. The van der Waals surface area contributed by atoms with Crippen molar-refractivity contribution in [3.63, 3.8) is 0 Å². The molecule has 2 aromatic rings. The number of anilines is 1. The Morgan fingerprint density at radius 3 is 2.95 bits per heavy atom. The molecule has 2 rings (SSSR count). The molecule has 1 amide bonds. The second kappa shape index (κ2) is 6.45. The summed E-state index contributed by atoms with van der Waals surface area (Å²) in [4.78, 5) is 16.1. The molecule has 0 aliphatic heterocycles. The van der Waals surface area contributed by atoms with E-state index in [1.165, 1.54) is 0 Å². The highest BCUT2D eigenvalue weighted by atomic mass is 32.1. The quantitative estimate of drug-likeness (QED) is 0.882. The third-order valence-corrected chi connectivity index (χ3v) is 3.62. The first kappa shape index (κ1) is 13.7. The van der Waals surface area contributed by atoms with Gasteiger partial charge in [-0.3, -0.25) is 4.79 Å². The van der Waals surface area contributed by atoms with E-state index in [9.17, 15) is 4.79 Å². The lowest BCUT2D eigenvalue weighted by Gasteiger charge is -2.06. The molecule has 0 aliphatic rings. The Morgan fingerprint density at radius 1 is 1.42 bits per heavy atom. The Balaban J connectivity index is 2.09. The fourth-order valence-corrected chi connectivity index (χ4v) is 2.47. The SMILES string of the molecule is CNCCC(=O)Nc1cccc(-c2nc(C)cs2)c1. The number of carbonyl (C=O) groups excluding carboxylic acids is 1. The van der Waals surface area contributed by atoms with Crippen LogP contribution in [0.5, 0.6) is 0 Å². The van der Waals surface area contributed by atoms with Crippen molar-refractivity contribution in [3.8, 4) is 10.6 Å². The number of aryl methyl sites for hydroxylation is 1. The van der Waals surface area contributed by atoms with Crippen molar-refractivity contribution >= 4 is 22.9 Å². The van der Waals surface area contributed by atoms with Crippen LogP contribution in [0.3, 0.4) is 0 Å². The molecule has 0 bridgehead atoms. The van der Waals surface area contributed by atoms with Gasteiger partial charge in [-0.1, -0.05) is 12.1 Å². The van der Waals surface area contributed by atoms with Gasteiger partial charge in [-0.25, -0.2) is 4.98 Å². The molecule has 0 atom stereocenters. The minimum atomic E-state index is 0.0156. The molecule has 0 aliphatic carbocycles. The first-order chi connectivity index (χ1) is 9.19. The Bertz CT molecular complexity index is 565. The van der Waals surface area contributed by atoms with Crippen LogP contribution >= 0.6 is 11.3 Å². The predicted molar refractivity (Wildman–Crippen MR) is 79.5 cm³/mol. The average molecular weight is 275 g/mol. The molecular weight excluding hydrogens is 258 g/mol. The van der Waals surface area contributed by atoms with Crippen LogP contribution in [0.1, 0.15) is 12.1 Å². The van der Waals surface area contributed by atoms with E-state index in [0.29, 0.717) is 13.0 Å². The highest BCUT2D eigenvalue weighted by Gasteiger charge is 2.05. The van der Waals surface area contributed by atoms with Crippen molar-refractivity contribution in [3.05, 3.63) is 35.3 Å². The van der Waals surface area contributed by atoms with Crippen LogP contribution in [0.2, 0.25) is 0 Å². The summed E-state index contributed by atoms with van der Waals surface area (Å²) in [7, 11) is 1.83. The second-order valence-electron chi connectivity index (χ2n) is 4.28. The maximum absolute atomic E-state index is 11.7. The first-order valence-electron chi connectivity index (χ1n) is 6.16. The number of aromatic nitrogens is 1. The third kappa shape index (κ3) is 3.87. The van der Waals surface area contributed by atoms with Crippen molar-refractivity contribution in [1.82, 2.24) is 10.3 Å². The Kier molecular flexibility index (Phi) is 4.65. The fraction of sp³-hybridized carbons (Fsp3) is 0.286. The Labute approximate surface area is 116 Å². The van der Waals surface area contributed by atoms with Gasteiger partial charge in [0.1, 0.15) is 5.01 Å². The summed E-state index contributed by atoms with van der Waals surface area (Å²) in [6, 6.07) is 7.78. The van der Waals surface area contributed by atoms with Crippen LogP contribution in [0, 0.1) is 6.92 Å². The van der Waals surface area contributed by atoms with Gasteiger partial charge >= 0.3 is 0 Å². The van der Waals surface area contributed by atoms with Crippen molar-refractivity contribution < 1.29 is 4.79 Å². The number of hydrogen-bond donors (Lipinski definition) is 2. The largest absolute Gasteiger partial charge is 0.326 e. The number of nitrogens with zero attached hydrogens (tertiary/aromatic N) is 1. The summed E-state index contributed by atoms with van der Waals surface area (Å²) >= 11 is 1.61. The van der Waals surface area contributed by atoms with Gasteiger partial charge in [0.25, 0.3) is 0 Å².